The average Bonchev–Trinajstić information content (AvgIpc) is 3.10. The molecule has 2 heterocycles. The van der Waals surface area contributed by atoms with Gasteiger partial charge in [-0.3, -0.25) is 4.79 Å². The largest absolute Gasteiger partial charge is 0.376 e. The van der Waals surface area contributed by atoms with E-state index in [2.05, 4.69) is 23.5 Å². The van der Waals surface area contributed by atoms with Gasteiger partial charge in [0.05, 0.1) is 25.9 Å². The van der Waals surface area contributed by atoms with Crippen LogP contribution in [0.1, 0.15) is 16.5 Å². The van der Waals surface area contributed by atoms with E-state index in [0.717, 1.165) is 11.3 Å². The maximum absolute atomic E-state index is 12.4. The molecule has 1 saturated heterocycles. The first-order valence-corrected chi connectivity index (χ1v) is 8.28. The topological polar surface area (TPSA) is 47.6 Å². The number of amides is 1. The number of hydrogen-bond acceptors (Lipinski definition) is 4. The molecule has 0 aliphatic carbocycles. The lowest BCUT2D eigenvalue weighted by molar-refractivity contribution is -0.148. The second kappa shape index (κ2) is 7.54. The van der Waals surface area contributed by atoms with Crippen molar-refractivity contribution in [2.45, 2.75) is 18.6 Å². The molecule has 2 atom stereocenters. The highest BCUT2D eigenvalue weighted by Crippen LogP contribution is 2.23. The molecular formula is C17H19NO3S. The van der Waals surface area contributed by atoms with Gasteiger partial charge in [-0.05, 0) is 23.4 Å². The Morgan fingerprint density at radius 2 is 2.09 bits per heavy atom. The fraction of sp³-hybridized carbons (Fsp3) is 0.353. The third-order valence-corrected chi connectivity index (χ3v) is 4.58. The van der Waals surface area contributed by atoms with Crippen molar-refractivity contribution in [3.8, 4) is 0 Å². The van der Waals surface area contributed by atoms with Crippen LogP contribution >= 0.6 is 11.3 Å². The monoisotopic (exact) mass is 317 g/mol. The highest BCUT2D eigenvalue weighted by molar-refractivity contribution is 7.10. The number of rotatable bonds is 5. The number of carbonyl (C=O) groups excluding carboxylic acids is 1. The van der Waals surface area contributed by atoms with Crippen LogP contribution in [0.3, 0.4) is 0 Å². The Morgan fingerprint density at radius 3 is 2.77 bits per heavy atom. The molecule has 0 unspecified atom stereocenters. The van der Waals surface area contributed by atoms with Gasteiger partial charge in [0, 0.05) is 4.88 Å². The van der Waals surface area contributed by atoms with Crippen molar-refractivity contribution in [3.63, 3.8) is 0 Å². The van der Waals surface area contributed by atoms with Crippen molar-refractivity contribution in [3.05, 3.63) is 58.3 Å². The molecule has 3 rings (SSSR count). The van der Waals surface area contributed by atoms with Gasteiger partial charge < -0.3 is 14.8 Å². The Hall–Kier alpha value is -1.69. The van der Waals surface area contributed by atoms with Gasteiger partial charge in [0.1, 0.15) is 0 Å². The van der Waals surface area contributed by atoms with Crippen LogP contribution in [0.5, 0.6) is 0 Å². The first-order valence-electron chi connectivity index (χ1n) is 7.40. The lowest BCUT2D eigenvalue weighted by Crippen LogP contribution is -2.44. The van der Waals surface area contributed by atoms with Crippen molar-refractivity contribution >= 4 is 17.2 Å². The summed E-state index contributed by atoms with van der Waals surface area (Å²) < 4.78 is 10.8. The molecule has 1 fully saturated rings. The third-order valence-electron chi connectivity index (χ3n) is 3.59. The van der Waals surface area contributed by atoms with Crippen LogP contribution in [0, 0.1) is 0 Å². The molecule has 1 amide bonds. The summed E-state index contributed by atoms with van der Waals surface area (Å²) >= 11 is 1.65. The molecule has 0 spiro atoms. The van der Waals surface area contributed by atoms with Crippen LogP contribution < -0.4 is 5.32 Å². The fourth-order valence-electron chi connectivity index (χ4n) is 2.47. The minimum absolute atomic E-state index is 0.0413. The van der Waals surface area contributed by atoms with Crippen LogP contribution in [0.15, 0.2) is 47.8 Å². The van der Waals surface area contributed by atoms with E-state index in [0.29, 0.717) is 19.8 Å². The fourth-order valence-corrected chi connectivity index (χ4v) is 3.24. The lowest BCUT2D eigenvalue weighted by atomic mass is 10.0. The molecule has 1 aliphatic heterocycles. The molecule has 1 aliphatic rings. The van der Waals surface area contributed by atoms with Gasteiger partial charge in [0.25, 0.3) is 5.91 Å². The highest BCUT2D eigenvalue weighted by atomic mass is 32.1. The van der Waals surface area contributed by atoms with Crippen molar-refractivity contribution in [1.82, 2.24) is 5.32 Å². The van der Waals surface area contributed by atoms with Crippen LogP contribution in [-0.2, 0) is 20.7 Å². The minimum Gasteiger partial charge on any atom is -0.376 e. The summed E-state index contributed by atoms with van der Waals surface area (Å²) in [4.78, 5) is 13.5. The summed E-state index contributed by atoms with van der Waals surface area (Å²) in [6, 6.07) is 14.2. The van der Waals surface area contributed by atoms with Crippen molar-refractivity contribution in [1.29, 1.82) is 0 Å². The van der Waals surface area contributed by atoms with Gasteiger partial charge in [-0.2, -0.15) is 0 Å². The molecular weight excluding hydrogens is 298 g/mol. The normalized spacial score (nSPS) is 19.5. The maximum Gasteiger partial charge on any atom is 0.252 e. The first kappa shape index (κ1) is 15.2. The molecule has 5 heteroatoms. The standard InChI is InChI=1S/C17H19NO3S/c19-17(15-12-20-8-9-21-15)18-14(16-7-4-10-22-16)11-13-5-2-1-3-6-13/h1-7,10,14-15H,8-9,11-12H2,(H,18,19)/t14-,15+/m0/s1. The van der Waals surface area contributed by atoms with Crippen molar-refractivity contribution in [2.24, 2.45) is 0 Å². The van der Waals surface area contributed by atoms with Crippen molar-refractivity contribution in [2.75, 3.05) is 19.8 Å². The Morgan fingerprint density at radius 1 is 1.23 bits per heavy atom. The first-order chi connectivity index (χ1) is 10.8. The molecule has 4 nitrogen and oxygen atoms in total. The summed E-state index contributed by atoms with van der Waals surface area (Å²) in [5.74, 6) is -0.103. The number of hydrogen-bond donors (Lipinski definition) is 1. The minimum atomic E-state index is -0.507. The average molecular weight is 317 g/mol. The van der Waals surface area contributed by atoms with E-state index < -0.39 is 6.10 Å². The molecule has 0 radical (unpaired) electrons. The molecule has 0 saturated carbocycles. The van der Waals surface area contributed by atoms with Gasteiger partial charge in [0.2, 0.25) is 0 Å². The summed E-state index contributed by atoms with van der Waals surface area (Å²) in [5.41, 5.74) is 1.20. The van der Waals surface area contributed by atoms with E-state index >= 15 is 0 Å². The Balaban J connectivity index is 1.70. The van der Waals surface area contributed by atoms with E-state index in [9.17, 15) is 4.79 Å². The van der Waals surface area contributed by atoms with E-state index in [1.807, 2.05) is 29.6 Å². The SMILES string of the molecule is O=C(N[C@@H](Cc1ccccc1)c1cccs1)[C@H]1COCCO1. The van der Waals surface area contributed by atoms with Gasteiger partial charge in [-0.25, -0.2) is 0 Å². The smallest absolute Gasteiger partial charge is 0.252 e. The van der Waals surface area contributed by atoms with E-state index in [-0.39, 0.29) is 11.9 Å². The van der Waals surface area contributed by atoms with Crippen LogP contribution in [0.4, 0.5) is 0 Å². The second-order valence-electron chi connectivity index (χ2n) is 5.20. The van der Waals surface area contributed by atoms with Gasteiger partial charge >= 0.3 is 0 Å². The van der Waals surface area contributed by atoms with E-state index in [4.69, 9.17) is 9.47 Å². The molecule has 0 bridgehead atoms. The zero-order valence-electron chi connectivity index (χ0n) is 12.2. The quantitative estimate of drug-likeness (QED) is 0.922. The number of thiophene rings is 1. The predicted molar refractivity (Wildman–Crippen MR) is 85.9 cm³/mol. The lowest BCUT2D eigenvalue weighted by Gasteiger charge is -2.25. The Kier molecular flexibility index (Phi) is 5.21. The number of ether oxygens (including phenoxy) is 2. The summed E-state index contributed by atoms with van der Waals surface area (Å²) in [6.45, 7) is 1.36. The highest BCUT2D eigenvalue weighted by Gasteiger charge is 2.25. The summed E-state index contributed by atoms with van der Waals surface area (Å²) in [5, 5.41) is 5.13. The molecule has 22 heavy (non-hydrogen) atoms. The van der Waals surface area contributed by atoms with E-state index in [1.165, 1.54) is 5.56 Å². The van der Waals surface area contributed by atoms with Gasteiger partial charge in [0.15, 0.2) is 6.10 Å². The second-order valence-corrected chi connectivity index (χ2v) is 6.18. The summed E-state index contributed by atoms with van der Waals surface area (Å²) in [6.07, 6.45) is 0.257. The van der Waals surface area contributed by atoms with Gasteiger partial charge in [-0.15, -0.1) is 11.3 Å². The third kappa shape index (κ3) is 3.94. The number of carbonyl (C=O) groups is 1. The Bertz CT molecular complexity index is 579. The summed E-state index contributed by atoms with van der Waals surface area (Å²) in [7, 11) is 0. The molecule has 2 aromatic rings. The zero-order chi connectivity index (χ0) is 15.2. The van der Waals surface area contributed by atoms with E-state index in [1.54, 1.807) is 11.3 Å². The van der Waals surface area contributed by atoms with Gasteiger partial charge in [-0.1, -0.05) is 36.4 Å². The maximum atomic E-state index is 12.4. The van der Waals surface area contributed by atoms with Crippen LogP contribution in [-0.4, -0.2) is 31.8 Å². The van der Waals surface area contributed by atoms with Crippen molar-refractivity contribution < 1.29 is 14.3 Å². The molecule has 1 N–H and O–H groups in total. The van der Waals surface area contributed by atoms with Crippen LogP contribution in [0.25, 0.3) is 0 Å². The Labute approximate surface area is 134 Å². The molecule has 1 aromatic heterocycles. The van der Waals surface area contributed by atoms with Crippen LogP contribution in [0.2, 0.25) is 0 Å². The zero-order valence-corrected chi connectivity index (χ0v) is 13.1. The number of nitrogens with one attached hydrogen (secondary N) is 1. The molecule has 116 valence electrons. The molecule has 1 aromatic carbocycles. The number of benzene rings is 1. The predicted octanol–water partition coefficient (Wildman–Crippen LogP) is 2.56.